The van der Waals surface area contributed by atoms with Crippen molar-refractivity contribution in [2.24, 2.45) is 0 Å². The molecule has 1 amide bonds. The van der Waals surface area contributed by atoms with Crippen molar-refractivity contribution in [2.45, 2.75) is 32.8 Å². The van der Waals surface area contributed by atoms with Crippen LogP contribution in [0.5, 0.6) is 11.5 Å². The van der Waals surface area contributed by atoms with Gasteiger partial charge in [0.15, 0.2) is 6.10 Å². The molecule has 0 unspecified atom stereocenters. The second-order valence-electron chi connectivity index (χ2n) is 5.88. The van der Waals surface area contributed by atoms with Crippen LogP contribution < -0.4 is 14.8 Å². The van der Waals surface area contributed by atoms with Crippen LogP contribution in [0.3, 0.4) is 0 Å². The number of methoxy groups -OCH3 is 1. The van der Waals surface area contributed by atoms with E-state index in [-0.39, 0.29) is 5.91 Å². The van der Waals surface area contributed by atoms with Gasteiger partial charge in [0.2, 0.25) is 0 Å². The Kier molecular flexibility index (Phi) is 7.14. The second-order valence-corrected chi connectivity index (χ2v) is 6.28. The zero-order valence-corrected chi connectivity index (χ0v) is 15.6. The summed E-state index contributed by atoms with van der Waals surface area (Å²) in [6.45, 7) is 4.22. The van der Waals surface area contributed by atoms with Crippen molar-refractivity contribution >= 4 is 17.5 Å². The summed E-state index contributed by atoms with van der Waals surface area (Å²) in [5.41, 5.74) is 2.06. The van der Waals surface area contributed by atoms with Crippen molar-refractivity contribution in [3.63, 3.8) is 0 Å². The zero-order chi connectivity index (χ0) is 18.2. The molecule has 0 bridgehead atoms. The van der Waals surface area contributed by atoms with E-state index >= 15 is 0 Å². The minimum absolute atomic E-state index is 0.132. The molecule has 2 rings (SSSR count). The predicted octanol–water partition coefficient (Wildman–Crippen LogP) is 4.17. The number of hydrogen-bond donors (Lipinski definition) is 1. The van der Waals surface area contributed by atoms with E-state index < -0.39 is 6.10 Å². The molecule has 0 heterocycles. The Bertz CT molecular complexity index is 718. The van der Waals surface area contributed by atoms with E-state index in [0.717, 1.165) is 29.7 Å². The molecule has 0 saturated carbocycles. The van der Waals surface area contributed by atoms with Crippen LogP contribution in [0.1, 0.15) is 24.5 Å². The highest BCUT2D eigenvalue weighted by atomic mass is 35.5. The van der Waals surface area contributed by atoms with Gasteiger partial charge in [-0.25, -0.2) is 0 Å². The molecule has 0 aliphatic heterocycles. The molecule has 1 atom stereocenters. The monoisotopic (exact) mass is 361 g/mol. The highest BCUT2D eigenvalue weighted by molar-refractivity contribution is 6.31. The summed E-state index contributed by atoms with van der Waals surface area (Å²) in [5, 5.41) is 3.59. The fourth-order valence-electron chi connectivity index (χ4n) is 2.49. The molecule has 5 heteroatoms. The molecule has 0 aliphatic rings. The quantitative estimate of drug-likeness (QED) is 0.718. The lowest BCUT2D eigenvalue weighted by Crippen LogP contribution is -2.36. The first-order chi connectivity index (χ1) is 12.0. The smallest absolute Gasteiger partial charge is 0.260 e. The van der Waals surface area contributed by atoms with Gasteiger partial charge < -0.3 is 14.8 Å². The molecule has 0 fully saturated rings. The van der Waals surface area contributed by atoms with Crippen molar-refractivity contribution in [3.05, 3.63) is 58.6 Å². The lowest BCUT2D eigenvalue weighted by Gasteiger charge is -2.15. The van der Waals surface area contributed by atoms with Gasteiger partial charge in [0, 0.05) is 11.6 Å². The predicted molar refractivity (Wildman–Crippen MR) is 101 cm³/mol. The molecule has 0 spiro atoms. The summed E-state index contributed by atoms with van der Waals surface area (Å²) in [4.78, 5) is 12.1. The average Bonchev–Trinajstić information content (AvgIpc) is 2.62. The van der Waals surface area contributed by atoms with E-state index in [1.54, 1.807) is 26.2 Å². The highest BCUT2D eigenvalue weighted by Gasteiger charge is 2.14. The third-order valence-electron chi connectivity index (χ3n) is 3.93. The molecular weight excluding hydrogens is 338 g/mol. The number of halogens is 1. The normalized spacial score (nSPS) is 11.7. The maximum Gasteiger partial charge on any atom is 0.260 e. The molecule has 0 saturated heterocycles. The summed E-state index contributed by atoms with van der Waals surface area (Å²) in [7, 11) is 1.66. The molecule has 2 aromatic rings. The van der Waals surface area contributed by atoms with Crippen LogP contribution in [0.15, 0.2) is 42.5 Å². The van der Waals surface area contributed by atoms with Gasteiger partial charge in [0.25, 0.3) is 5.91 Å². The maximum atomic E-state index is 12.1. The van der Waals surface area contributed by atoms with Crippen LogP contribution in [-0.4, -0.2) is 25.7 Å². The van der Waals surface area contributed by atoms with Crippen LogP contribution in [0.4, 0.5) is 0 Å². The number of carbonyl (C=O) groups excluding carboxylic acids is 1. The SMILES string of the molecule is COc1ccccc1CCCNC(=O)[C@@H](C)Oc1ccc(Cl)c(C)c1. The van der Waals surface area contributed by atoms with Gasteiger partial charge >= 0.3 is 0 Å². The second kappa shape index (κ2) is 9.33. The molecule has 0 aliphatic carbocycles. The van der Waals surface area contributed by atoms with E-state index in [2.05, 4.69) is 5.32 Å². The molecule has 134 valence electrons. The van der Waals surface area contributed by atoms with Crippen molar-refractivity contribution < 1.29 is 14.3 Å². The Balaban J connectivity index is 1.76. The van der Waals surface area contributed by atoms with Gasteiger partial charge in [-0.3, -0.25) is 4.79 Å². The van der Waals surface area contributed by atoms with Gasteiger partial charge in [0.1, 0.15) is 11.5 Å². The molecule has 25 heavy (non-hydrogen) atoms. The Morgan fingerprint density at radius 2 is 2.00 bits per heavy atom. The van der Waals surface area contributed by atoms with Gasteiger partial charge in [-0.2, -0.15) is 0 Å². The summed E-state index contributed by atoms with van der Waals surface area (Å²) in [6, 6.07) is 13.3. The Morgan fingerprint density at radius 1 is 1.24 bits per heavy atom. The first-order valence-corrected chi connectivity index (χ1v) is 8.71. The molecule has 4 nitrogen and oxygen atoms in total. The van der Waals surface area contributed by atoms with E-state index in [1.165, 1.54) is 0 Å². The molecule has 0 radical (unpaired) electrons. The van der Waals surface area contributed by atoms with E-state index in [0.29, 0.717) is 17.3 Å². The third-order valence-corrected chi connectivity index (χ3v) is 4.35. The van der Waals surface area contributed by atoms with Crippen LogP contribution in [0, 0.1) is 6.92 Å². The molecular formula is C20H24ClNO3. The zero-order valence-electron chi connectivity index (χ0n) is 14.8. The largest absolute Gasteiger partial charge is 0.496 e. The number of para-hydroxylation sites is 1. The van der Waals surface area contributed by atoms with Crippen molar-refractivity contribution in [1.29, 1.82) is 0 Å². The molecule has 2 aromatic carbocycles. The number of hydrogen-bond acceptors (Lipinski definition) is 3. The third kappa shape index (κ3) is 5.68. The molecule has 1 N–H and O–H groups in total. The van der Waals surface area contributed by atoms with Crippen LogP contribution >= 0.6 is 11.6 Å². The Hall–Kier alpha value is -2.20. The van der Waals surface area contributed by atoms with Crippen molar-refractivity contribution in [1.82, 2.24) is 5.32 Å². The van der Waals surface area contributed by atoms with Crippen LogP contribution in [-0.2, 0) is 11.2 Å². The van der Waals surface area contributed by atoms with Crippen molar-refractivity contribution in [2.75, 3.05) is 13.7 Å². The number of carbonyl (C=O) groups is 1. The van der Waals surface area contributed by atoms with Crippen LogP contribution in [0.2, 0.25) is 5.02 Å². The first kappa shape index (κ1) is 19.1. The number of nitrogens with one attached hydrogen (secondary N) is 1. The number of aryl methyl sites for hydroxylation is 2. The fourth-order valence-corrected chi connectivity index (χ4v) is 2.61. The Labute approximate surface area is 154 Å². The minimum atomic E-state index is -0.563. The van der Waals surface area contributed by atoms with Gasteiger partial charge in [0.05, 0.1) is 7.11 Å². The van der Waals surface area contributed by atoms with Gasteiger partial charge in [-0.1, -0.05) is 29.8 Å². The summed E-state index contributed by atoms with van der Waals surface area (Å²) >= 11 is 5.99. The standard InChI is InChI=1S/C20H24ClNO3/c1-14-13-17(10-11-18(14)21)25-15(2)20(23)22-12-6-8-16-7-4-5-9-19(16)24-3/h4-5,7,9-11,13,15H,6,8,12H2,1-3H3,(H,22,23)/t15-/m1/s1. The lowest BCUT2D eigenvalue weighted by molar-refractivity contribution is -0.127. The number of ether oxygens (including phenoxy) is 2. The number of rotatable bonds is 8. The summed E-state index contributed by atoms with van der Waals surface area (Å²) in [5.74, 6) is 1.38. The van der Waals surface area contributed by atoms with Crippen LogP contribution in [0.25, 0.3) is 0 Å². The van der Waals surface area contributed by atoms with E-state index in [1.807, 2.05) is 37.3 Å². The topological polar surface area (TPSA) is 47.6 Å². The molecule has 0 aromatic heterocycles. The number of amides is 1. The van der Waals surface area contributed by atoms with Crippen molar-refractivity contribution in [3.8, 4) is 11.5 Å². The highest BCUT2D eigenvalue weighted by Crippen LogP contribution is 2.22. The van der Waals surface area contributed by atoms with E-state index in [9.17, 15) is 4.79 Å². The summed E-state index contributed by atoms with van der Waals surface area (Å²) in [6.07, 6.45) is 1.11. The maximum absolute atomic E-state index is 12.1. The van der Waals surface area contributed by atoms with Gasteiger partial charge in [-0.15, -0.1) is 0 Å². The first-order valence-electron chi connectivity index (χ1n) is 8.33. The minimum Gasteiger partial charge on any atom is -0.496 e. The number of benzene rings is 2. The average molecular weight is 362 g/mol. The Morgan fingerprint density at radius 3 is 2.72 bits per heavy atom. The van der Waals surface area contributed by atoms with Gasteiger partial charge in [-0.05, 0) is 62.1 Å². The fraction of sp³-hybridized carbons (Fsp3) is 0.350. The van der Waals surface area contributed by atoms with E-state index in [4.69, 9.17) is 21.1 Å². The lowest BCUT2D eigenvalue weighted by atomic mass is 10.1. The summed E-state index contributed by atoms with van der Waals surface area (Å²) < 4.78 is 11.0.